The van der Waals surface area contributed by atoms with Crippen molar-refractivity contribution in [1.29, 1.82) is 0 Å². The largest absolute Gasteiger partial charge is 0.465 e. The van der Waals surface area contributed by atoms with Crippen molar-refractivity contribution in [1.82, 2.24) is 0 Å². The number of esters is 1. The average Bonchev–Trinajstić information content (AvgIpc) is 2.57. The molecule has 0 fully saturated rings. The lowest BCUT2D eigenvalue weighted by Gasteiger charge is -2.02. The van der Waals surface area contributed by atoms with E-state index in [2.05, 4.69) is 19.1 Å². The molecule has 0 radical (unpaired) electrons. The number of allylic oxidation sites excluding steroid dienone is 2. The third-order valence-corrected chi connectivity index (χ3v) is 4.25. The maximum Gasteiger partial charge on any atom is 0.320 e. The van der Waals surface area contributed by atoms with Crippen molar-refractivity contribution in [3.63, 3.8) is 0 Å². The Hall–Kier alpha value is -0.500. The van der Waals surface area contributed by atoms with Crippen LogP contribution in [0.15, 0.2) is 12.2 Å². The van der Waals surface area contributed by atoms with E-state index in [1.54, 1.807) is 0 Å². The van der Waals surface area contributed by atoms with Crippen LogP contribution in [0.2, 0.25) is 0 Å². The topological polar surface area (TPSA) is 26.3 Å². The molecule has 0 aromatic rings. The van der Waals surface area contributed by atoms with Crippen molar-refractivity contribution in [2.75, 3.05) is 12.5 Å². The van der Waals surface area contributed by atoms with E-state index < -0.39 is 0 Å². The molecule has 0 aliphatic rings. The average molecular weight is 345 g/mol. The molecule has 0 heterocycles. The fourth-order valence-electron chi connectivity index (χ4n) is 2.57. The van der Waals surface area contributed by atoms with Crippen LogP contribution in [0.25, 0.3) is 0 Å². The molecular weight excluding hydrogens is 308 g/mol. The highest BCUT2D eigenvalue weighted by Gasteiger charge is 1.98. The monoisotopic (exact) mass is 344 g/mol. The molecule has 3 heteroatoms. The van der Waals surface area contributed by atoms with Crippen LogP contribution >= 0.6 is 11.6 Å². The third-order valence-electron chi connectivity index (χ3n) is 4.03. The smallest absolute Gasteiger partial charge is 0.320 e. The predicted molar refractivity (Wildman–Crippen MR) is 101 cm³/mol. The zero-order valence-corrected chi connectivity index (χ0v) is 15.9. The number of hydrogen-bond acceptors (Lipinski definition) is 2. The molecule has 0 saturated carbocycles. The summed E-state index contributed by atoms with van der Waals surface area (Å²) in [6.07, 6.45) is 22.7. The highest BCUT2D eigenvalue weighted by atomic mass is 35.5. The second-order valence-corrected chi connectivity index (χ2v) is 6.56. The standard InChI is InChI=1S/C20H37ClO2/c1-2-3-4-5-6-7-8-9-10-11-12-13-14-15-16-17-18-23-20(22)19-21/h9-10H,2-8,11-19H2,1H3. The summed E-state index contributed by atoms with van der Waals surface area (Å²) in [4.78, 5) is 10.8. The van der Waals surface area contributed by atoms with Crippen molar-refractivity contribution in [2.45, 2.75) is 96.8 Å². The molecule has 0 aliphatic heterocycles. The molecule has 0 aromatic carbocycles. The Labute approximate surface area is 149 Å². The Morgan fingerprint density at radius 2 is 1.26 bits per heavy atom. The van der Waals surface area contributed by atoms with E-state index in [1.165, 1.54) is 77.0 Å². The van der Waals surface area contributed by atoms with Gasteiger partial charge in [-0.25, -0.2) is 0 Å². The van der Waals surface area contributed by atoms with Crippen molar-refractivity contribution in [3.05, 3.63) is 12.2 Å². The molecule has 0 amide bonds. The minimum absolute atomic E-state index is 0.0353. The summed E-state index contributed by atoms with van der Waals surface area (Å²) in [5.41, 5.74) is 0. The Kier molecular flexibility index (Phi) is 19.1. The van der Waals surface area contributed by atoms with Crippen molar-refractivity contribution in [3.8, 4) is 0 Å². The van der Waals surface area contributed by atoms with E-state index in [4.69, 9.17) is 16.3 Å². The summed E-state index contributed by atoms with van der Waals surface area (Å²) in [6.45, 7) is 2.79. The molecule has 2 nitrogen and oxygen atoms in total. The molecule has 136 valence electrons. The molecule has 0 atom stereocenters. The molecule has 0 saturated heterocycles. The first kappa shape index (κ1) is 22.5. The molecule has 0 bridgehead atoms. The first-order valence-corrected chi connectivity index (χ1v) is 10.2. The number of alkyl halides is 1. The van der Waals surface area contributed by atoms with Gasteiger partial charge in [0.2, 0.25) is 0 Å². The van der Waals surface area contributed by atoms with Gasteiger partial charge < -0.3 is 4.74 Å². The Morgan fingerprint density at radius 1 is 0.783 bits per heavy atom. The number of carbonyl (C=O) groups excluding carboxylic acids is 1. The zero-order chi connectivity index (χ0) is 17.0. The molecule has 0 aromatic heterocycles. The van der Waals surface area contributed by atoms with Crippen LogP contribution < -0.4 is 0 Å². The van der Waals surface area contributed by atoms with Crippen LogP contribution in [0, 0.1) is 0 Å². The number of unbranched alkanes of at least 4 members (excludes halogenated alkanes) is 12. The summed E-state index contributed by atoms with van der Waals surface area (Å²) < 4.78 is 4.93. The lowest BCUT2D eigenvalue weighted by atomic mass is 10.1. The quantitative estimate of drug-likeness (QED) is 0.125. The molecule has 0 aliphatic carbocycles. The van der Waals surface area contributed by atoms with Gasteiger partial charge in [-0.15, -0.1) is 11.6 Å². The first-order chi connectivity index (χ1) is 11.3. The molecule has 0 unspecified atom stereocenters. The van der Waals surface area contributed by atoms with Crippen molar-refractivity contribution < 1.29 is 9.53 Å². The van der Waals surface area contributed by atoms with Crippen LogP contribution in [0.1, 0.15) is 96.8 Å². The van der Waals surface area contributed by atoms with Crippen LogP contribution in [0.4, 0.5) is 0 Å². The molecule has 0 N–H and O–H groups in total. The maximum atomic E-state index is 10.8. The summed E-state index contributed by atoms with van der Waals surface area (Å²) in [7, 11) is 0. The second kappa shape index (κ2) is 19.5. The summed E-state index contributed by atoms with van der Waals surface area (Å²) in [6, 6.07) is 0. The number of carbonyl (C=O) groups is 1. The van der Waals surface area contributed by atoms with Crippen LogP contribution in [0.3, 0.4) is 0 Å². The highest BCUT2D eigenvalue weighted by Crippen LogP contribution is 2.10. The zero-order valence-electron chi connectivity index (χ0n) is 15.2. The van der Waals surface area contributed by atoms with Gasteiger partial charge in [0.15, 0.2) is 0 Å². The van der Waals surface area contributed by atoms with E-state index in [9.17, 15) is 4.79 Å². The Morgan fingerprint density at radius 3 is 1.78 bits per heavy atom. The summed E-state index contributed by atoms with van der Waals surface area (Å²) in [5.74, 6) is -0.341. The minimum atomic E-state index is -0.306. The van der Waals surface area contributed by atoms with Crippen LogP contribution in [-0.2, 0) is 9.53 Å². The molecule has 0 spiro atoms. The third kappa shape index (κ3) is 19.5. The van der Waals surface area contributed by atoms with Gasteiger partial charge in [-0.3, -0.25) is 4.79 Å². The van der Waals surface area contributed by atoms with Crippen LogP contribution in [0.5, 0.6) is 0 Å². The lowest BCUT2D eigenvalue weighted by Crippen LogP contribution is -2.06. The lowest BCUT2D eigenvalue weighted by molar-refractivity contribution is -0.140. The summed E-state index contributed by atoms with van der Waals surface area (Å²) >= 11 is 5.35. The molecule has 23 heavy (non-hydrogen) atoms. The first-order valence-electron chi connectivity index (χ1n) is 9.67. The van der Waals surface area contributed by atoms with Crippen molar-refractivity contribution in [2.24, 2.45) is 0 Å². The SMILES string of the molecule is CCCCCCCCC=CCCCCCCCCOC(=O)CCl. The van der Waals surface area contributed by atoms with Gasteiger partial charge in [0.25, 0.3) is 0 Å². The van der Waals surface area contributed by atoms with E-state index >= 15 is 0 Å². The van der Waals surface area contributed by atoms with Gasteiger partial charge in [0, 0.05) is 0 Å². The van der Waals surface area contributed by atoms with Gasteiger partial charge >= 0.3 is 5.97 Å². The van der Waals surface area contributed by atoms with E-state index in [0.29, 0.717) is 6.61 Å². The maximum absolute atomic E-state index is 10.8. The fraction of sp³-hybridized carbons (Fsp3) is 0.850. The van der Waals surface area contributed by atoms with E-state index in [0.717, 1.165) is 12.8 Å². The van der Waals surface area contributed by atoms with Crippen molar-refractivity contribution >= 4 is 17.6 Å². The number of rotatable bonds is 17. The Bertz CT molecular complexity index is 277. The predicted octanol–water partition coefficient (Wildman–Crippen LogP) is 6.81. The van der Waals surface area contributed by atoms with E-state index in [-0.39, 0.29) is 11.8 Å². The van der Waals surface area contributed by atoms with Gasteiger partial charge in [-0.1, -0.05) is 76.9 Å². The number of ether oxygens (including phenoxy) is 1. The number of halogens is 1. The Balaban J connectivity index is 3.09. The highest BCUT2D eigenvalue weighted by molar-refractivity contribution is 6.26. The fourth-order valence-corrected chi connectivity index (χ4v) is 2.65. The molecule has 0 rings (SSSR count). The second-order valence-electron chi connectivity index (χ2n) is 6.29. The van der Waals surface area contributed by atoms with Gasteiger partial charge in [-0.2, -0.15) is 0 Å². The van der Waals surface area contributed by atoms with Gasteiger partial charge in [0.1, 0.15) is 5.88 Å². The normalized spacial score (nSPS) is 11.2. The van der Waals surface area contributed by atoms with Crippen LogP contribution in [-0.4, -0.2) is 18.5 Å². The van der Waals surface area contributed by atoms with Gasteiger partial charge in [0.05, 0.1) is 6.61 Å². The summed E-state index contributed by atoms with van der Waals surface area (Å²) in [5, 5.41) is 0. The van der Waals surface area contributed by atoms with Gasteiger partial charge in [-0.05, 0) is 32.1 Å². The van der Waals surface area contributed by atoms with E-state index in [1.807, 2.05) is 0 Å². The number of hydrogen-bond donors (Lipinski definition) is 0. The minimum Gasteiger partial charge on any atom is -0.465 e. The molecular formula is C20H37ClO2.